The molecule has 1 aromatic heterocycles. The molecule has 1 saturated heterocycles. The quantitative estimate of drug-likeness (QED) is 0.261. The van der Waals surface area contributed by atoms with Crippen molar-refractivity contribution in [1.82, 2.24) is 9.55 Å². The highest BCUT2D eigenvalue weighted by molar-refractivity contribution is 7.51. The molecule has 4 atom stereocenters. The molecule has 0 radical (unpaired) electrons. The molecule has 144 valence electrons. The van der Waals surface area contributed by atoms with Crippen LogP contribution in [0.3, 0.4) is 0 Å². The maximum atomic E-state index is 12.1. The average Bonchev–Trinajstić information content (AvgIpc) is 3.06. The summed E-state index contributed by atoms with van der Waals surface area (Å²) in [5.41, 5.74) is 5.59. The van der Waals surface area contributed by atoms with Gasteiger partial charge in [0.25, 0.3) is 0 Å². The topological polar surface area (TPSA) is 155 Å². The van der Waals surface area contributed by atoms with E-state index in [2.05, 4.69) is 25.8 Å². The van der Waals surface area contributed by atoms with E-state index in [9.17, 15) is 9.36 Å². The summed E-state index contributed by atoms with van der Waals surface area (Å²) in [5, 5.41) is 8.57. The lowest BCUT2D eigenvalue weighted by molar-refractivity contribution is -0.150. The second-order valence-electron chi connectivity index (χ2n) is 5.13. The van der Waals surface area contributed by atoms with Crippen molar-refractivity contribution in [2.24, 2.45) is 0 Å². The molecule has 0 amide bonds. The minimum Gasteiger partial charge on any atom is -0.382 e. The lowest BCUT2D eigenvalue weighted by Gasteiger charge is -2.17. The van der Waals surface area contributed by atoms with E-state index in [1.807, 2.05) is 6.92 Å². The summed E-state index contributed by atoms with van der Waals surface area (Å²) in [6.07, 6.45) is 2.18. The summed E-state index contributed by atoms with van der Waals surface area (Å²) in [7, 11) is -5.68. The predicted molar refractivity (Wildman–Crippen MR) is 92.1 cm³/mol. The fourth-order valence-corrected chi connectivity index (χ4v) is 3.45. The molecule has 1 fully saturated rings. The number of hydrogen-bond acceptors (Lipinski definition) is 9. The molecule has 4 N–H and O–H groups in total. The molecule has 2 heterocycles. The van der Waals surface area contributed by atoms with Gasteiger partial charge < -0.3 is 19.9 Å². The van der Waals surface area contributed by atoms with Crippen molar-refractivity contribution in [3.63, 3.8) is 0 Å². The number of anilines is 1. The van der Waals surface area contributed by atoms with Crippen LogP contribution in [-0.2, 0) is 22.8 Å². The van der Waals surface area contributed by atoms with E-state index < -0.39 is 34.9 Å². The molecular weight excluding hydrogens is 388 g/mol. The minimum absolute atomic E-state index is 0.0580. The number of nitrogens with zero attached hydrogens (tertiary/aromatic N) is 2. The minimum atomic E-state index is -3.32. The highest BCUT2D eigenvalue weighted by Gasteiger charge is 2.29. The molecule has 0 aliphatic carbocycles. The summed E-state index contributed by atoms with van der Waals surface area (Å²) >= 11 is 0. The zero-order valence-electron chi connectivity index (χ0n) is 13.8. The molecule has 0 saturated carbocycles. The van der Waals surface area contributed by atoms with Crippen molar-refractivity contribution < 1.29 is 33.0 Å². The Labute approximate surface area is 150 Å². The Morgan fingerprint density at radius 1 is 1.58 bits per heavy atom. The van der Waals surface area contributed by atoms with Gasteiger partial charge in [0.05, 0.1) is 18.3 Å². The Bertz CT molecular complexity index is 762. The smallest absolute Gasteiger partial charge is 0.370 e. The molecule has 26 heavy (non-hydrogen) atoms. The second kappa shape index (κ2) is 10.1. The van der Waals surface area contributed by atoms with Crippen molar-refractivity contribution in [2.45, 2.75) is 38.5 Å². The maximum Gasteiger partial charge on any atom is 0.370 e. The van der Waals surface area contributed by atoms with Crippen LogP contribution in [0.25, 0.3) is 0 Å². The van der Waals surface area contributed by atoms with Gasteiger partial charge in [0, 0.05) is 12.6 Å². The van der Waals surface area contributed by atoms with E-state index in [1.165, 1.54) is 10.8 Å². The molecule has 11 nitrogen and oxygen atoms in total. The van der Waals surface area contributed by atoms with Crippen molar-refractivity contribution in [3.8, 4) is 11.8 Å². The van der Waals surface area contributed by atoms with E-state index in [0.717, 1.165) is 0 Å². The van der Waals surface area contributed by atoms with Gasteiger partial charge in [-0.3, -0.25) is 9.13 Å². The molecule has 0 aromatic carbocycles. The zero-order valence-corrected chi connectivity index (χ0v) is 15.7. The lowest BCUT2D eigenvalue weighted by atomic mass is 10.2. The first-order valence-electron chi connectivity index (χ1n) is 7.63. The SMILES string of the molecule is CCC#Cc1cn([C@H]2CC[C@@H](COP(OO)O[PH](=O)O)O2)c(=O)nc1N. The van der Waals surface area contributed by atoms with Gasteiger partial charge in [0.2, 0.25) is 0 Å². The van der Waals surface area contributed by atoms with Gasteiger partial charge in [-0.15, -0.1) is 0 Å². The highest BCUT2D eigenvalue weighted by atomic mass is 31.2. The Morgan fingerprint density at radius 2 is 2.35 bits per heavy atom. The summed E-state index contributed by atoms with van der Waals surface area (Å²) in [5.74, 6) is 5.77. The third-order valence-electron chi connectivity index (χ3n) is 3.36. The Morgan fingerprint density at radius 3 is 3.00 bits per heavy atom. The van der Waals surface area contributed by atoms with Gasteiger partial charge in [-0.25, -0.2) is 14.4 Å². The first kappa shape index (κ1) is 21.0. The van der Waals surface area contributed by atoms with Crippen LogP contribution in [-0.4, -0.2) is 32.4 Å². The van der Waals surface area contributed by atoms with Crippen molar-refractivity contribution in [3.05, 3.63) is 22.2 Å². The molecule has 1 aliphatic rings. The normalized spacial score (nSPS) is 21.8. The van der Waals surface area contributed by atoms with Gasteiger partial charge >= 0.3 is 22.5 Å². The Kier molecular flexibility index (Phi) is 8.15. The van der Waals surface area contributed by atoms with E-state index >= 15 is 0 Å². The number of rotatable bonds is 7. The largest absolute Gasteiger partial charge is 0.382 e. The van der Waals surface area contributed by atoms with Crippen LogP contribution < -0.4 is 11.4 Å². The van der Waals surface area contributed by atoms with Gasteiger partial charge in [0.15, 0.2) is 0 Å². The maximum absolute atomic E-state index is 12.1. The standard InChI is InChI=1S/C13H19N3O8P2/c1-2-3-4-9-7-16(13(17)15-12(9)14)11-6-5-10(22-11)8-21-26(23-18)24-25(19)20/h7,10-11,18,25H,2,5-6,8H2,1H3,(H,19,20)(H2,14,15,17)/t10-,11+,26?/m0/s1. The Hall–Kier alpha value is -1.34. The lowest BCUT2D eigenvalue weighted by Crippen LogP contribution is -2.28. The van der Waals surface area contributed by atoms with E-state index in [1.54, 1.807) is 0 Å². The molecule has 1 aliphatic heterocycles. The van der Waals surface area contributed by atoms with Gasteiger partial charge in [-0.1, -0.05) is 18.8 Å². The summed E-state index contributed by atoms with van der Waals surface area (Å²) in [4.78, 5) is 24.5. The molecule has 0 spiro atoms. The molecule has 2 unspecified atom stereocenters. The van der Waals surface area contributed by atoms with Crippen LogP contribution in [0, 0.1) is 11.8 Å². The van der Waals surface area contributed by atoms with Crippen LogP contribution >= 0.6 is 16.9 Å². The third-order valence-corrected chi connectivity index (χ3v) is 5.08. The first-order valence-corrected chi connectivity index (χ1v) is 9.99. The number of nitrogen functional groups attached to an aromatic ring is 1. The van der Waals surface area contributed by atoms with E-state index in [4.69, 9.17) is 25.1 Å². The number of ether oxygens (including phenoxy) is 1. The van der Waals surface area contributed by atoms with Gasteiger partial charge in [0.1, 0.15) is 12.0 Å². The van der Waals surface area contributed by atoms with Gasteiger partial charge in [-0.2, -0.15) is 9.66 Å². The molecular formula is C13H19N3O8P2. The van der Waals surface area contributed by atoms with E-state index in [-0.39, 0.29) is 12.4 Å². The number of hydrogen-bond donors (Lipinski definition) is 3. The fourth-order valence-electron chi connectivity index (χ4n) is 2.26. The van der Waals surface area contributed by atoms with Crippen LogP contribution in [0.4, 0.5) is 5.82 Å². The zero-order chi connectivity index (χ0) is 19.1. The van der Waals surface area contributed by atoms with Crippen molar-refractivity contribution in [2.75, 3.05) is 12.3 Å². The Balaban J connectivity index is 2.02. The van der Waals surface area contributed by atoms with E-state index in [0.29, 0.717) is 24.8 Å². The number of aromatic nitrogens is 2. The molecule has 0 bridgehead atoms. The fraction of sp³-hybridized carbons (Fsp3) is 0.538. The van der Waals surface area contributed by atoms with Crippen LogP contribution in [0.15, 0.2) is 11.0 Å². The average molecular weight is 407 g/mol. The van der Waals surface area contributed by atoms with Crippen molar-refractivity contribution in [1.29, 1.82) is 0 Å². The number of nitrogens with two attached hydrogens (primary N) is 1. The predicted octanol–water partition coefficient (Wildman–Crippen LogP) is 1.40. The van der Waals surface area contributed by atoms with Crippen molar-refractivity contribution >= 4 is 22.7 Å². The third kappa shape index (κ3) is 5.84. The first-order chi connectivity index (χ1) is 12.4. The van der Waals surface area contributed by atoms with Crippen LogP contribution in [0.5, 0.6) is 0 Å². The monoisotopic (exact) mass is 407 g/mol. The molecule has 13 heteroatoms. The van der Waals surface area contributed by atoms with Gasteiger partial charge in [-0.05, 0) is 12.8 Å². The summed E-state index contributed by atoms with van der Waals surface area (Å²) in [6.45, 7) is 1.83. The highest BCUT2D eigenvalue weighted by Crippen LogP contribution is 2.47. The second-order valence-corrected chi connectivity index (χ2v) is 7.26. The molecule has 1 aromatic rings. The van der Waals surface area contributed by atoms with Crippen LogP contribution in [0.1, 0.15) is 38.0 Å². The summed E-state index contributed by atoms with van der Waals surface area (Å²) < 4.78 is 30.9. The summed E-state index contributed by atoms with van der Waals surface area (Å²) in [6, 6.07) is 0. The molecule has 2 rings (SSSR count). The van der Waals surface area contributed by atoms with Crippen LogP contribution in [0.2, 0.25) is 0 Å².